The van der Waals surface area contributed by atoms with Crippen LogP contribution in [0.1, 0.15) is 44.2 Å². The zero-order valence-electron chi connectivity index (χ0n) is 22.2. The third-order valence-corrected chi connectivity index (χ3v) is 9.16. The van der Waals surface area contributed by atoms with E-state index in [0.717, 1.165) is 18.4 Å². The van der Waals surface area contributed by atoms with Crippen molar-refractivity contribution in [1.82, 2.24) is 9.21 Å². The Morgan fingerprint density at radius 2 is 1.89 bits per heavy atom. The lowest BCUT2D eigenvalue weighted by Gasteiger charge is -2.50. The molecule has 1 spiro atoms. The van der Waals surface area contributed by atoms with Crippen LogP contribution in [-0.2, 0) is 19.6 Å². The van der Waals surface area contributed by atoms with Gasteiger partial charge in [0.1, 0.15) is 5.82 Å². The van der Waals surface area contributed by atoms with Crippen molar-refractivity contribution in [2.75, 3.05) is 38.1 Å². The van der Waals surface area contributed by atoms with Gasteiger partial charge in [0.05, 0.1) is 23.6 Å². The minimum atomic E-state index is -3.72. The Bertz CT molecular complexity index is 1220. The summed E-state index contributed by atoms with van der Waals surface area (Å²) in [5, 5.41) is 2.77. The number of sulfonamides is 1. The summed E-state index contributed by atoms with van der Waals surface area (Å²) in [5.41, 5.74) is 1.26. The number of piperidine rings is 1. The summed E-state index contributed by atoms with van der Waals surface area (Å²) in [7, 11) is -3.72. The van der Waals surface area contributed by atoms with Crippen molar-refractivity contribution < 1.29 is 22.3 Å². The van der Waals surface area contributed by atoms with Crippen molar-refractivity contribution in [1.29, 1.82) is 0 Å². The minimum Gasteiger partial charge on any atom is -0.371 e. The van der Waals surface area contributed by atoms with Gasteiger partial charge >= 0.3 is 0 Å². The Balaban J connectivity index is 1.49. The monoisotopic (exact) mass is 531 g/mol. The van der Waals surface area contributed by atoms with E-state index in [9.17, 15) is 17.6 Å². The number of amides is 1. The number of nitrogens with one attached hydrogen (secondary N) is 1. The van der Waals surface area contributed by atoms with Crippen LogP contribution in [0, 0.1) is 25.6 Å². The van der Waals surface area contributed by atoms with E-state index in [1.807, 2.05) is 24.0 Å². The van der Waals surface area contributed by atoms with E-state index in [0.29, 0.717) is 48.2 Å². The first-order chi connectivity index (χ1) is 17.5. The maximum atomic E-state index is 13.9. The number of rotatable bonds is 7. The molecule has 2 fully saturated rings. The highest BCUT2D eigenvalue weighted by atomic mass is 32.2. The van der Waals surface area contributed by atoms with Crippen LogP contribution in [-0.4, -0.2) is 68.0 Å². The average molecular weight is 532 g/mol. The lowest BCUT2D eigenvalue weighted by Crippen LogP contribution is -2.64. The van der Waals surface area contributed by atoms with E-state index >= 15 is 0 Å². The molecule has 1 N–H and O–H groups in total. The highest BCUT2D eigenvalue weighted by Gasteiger charge is 2.47. The van der Waals surface area contributed by atoms with Gasteiger partial charge in [0, 0.05) is 24.8 Å². The van der Waals surface area contributed by atoms with E-state index in [2.05, 4.69) is 19.2 Å². The number of carbonyl (C=O) groups is 1. The standard InChI is InChI=1S/C28H38FN3O4S/c1-20(2)14-24-17-36-28(19-32(24)37(34,35)25-10-6-21(3)7-11-25)12-5-13-31(18-28)16-27(33)30-23-9-8-22(4)26(29)15-23/h6-11,15,20,24H,5,12-14,16-19H2,1-4H3,(H,30,33)/t24-,28+/m0/s1. The topological polar surface area (TPSA) is 79.0 Å². The van der Waals surface area contributed by atoms with Crippen LogP contribution in [0.4, 0.5) is 10.1 Å². The van der Waals surface area contributed by atoms with Gasteiger partial charge in [0.15, 0.2) is 0 Å². The summed E-state index contributed by atoms with van der Waals surface area (Å²) in [6.45, 7) is 9.65. The molecule has 0 saturated carbocycles. The quantitative estimate of drug-likeness (QED) is 0.575. The fourth-order valence-electron chi connectivity index (χ4n) is 5.32. The SMILES string of the molecule is Cc1ccc(S(=O)(=O)N2C[C@]3(CCCN(CC(=O)Nc4ccc(C)c(F)c4)C3)OC[C@@H]2CC(C)C)cc1. The van der Waals surface area contributed by atoms with Gasteiger partial charge in [0.25, 0.3) is 0 Å². The van der Waals surface area contributed by atoms with Gasteiger partial charge in [-0.2, -0.15) is 4.31 Å². The van der Waals surface area contributed by atoms with Crippen molar-refractivity contribution in [2.24, 2.45) is 5.92 Å². The Kier molecular flexibility index (Phi) is 8.38. The Hall–Kier alpha value is -2.33. The molecule has 2 aliphatic rings. The number of morpholine rings is 1. The molecule has 2 saturated heterocycles. The zero-order chi connectivity index (χ0) is 26.8. The summed E-state index contributed by atoms with van der Waals surface area (Å²) in [6, 6.07) is 11.4. The molecule has 0 unspecified atom stereocenters. The second-order valence-electron chi connectivity index (χ2n) is 11.0. The number of anilines is 1. The molecule has 2 aliphatic heterocycles. The minimum absolute atomic E-state index is 0.126. The highest BCUT2D eigenvalue weighted by molar-refractivity contribution is 7.89. The summed E-state index contributed by atoms with van der Waals surface area (Å²) < 4.78 is 49.5. The average Bonchev–Trinajstić information content (AvgIpc) is 2.83. The van der Waals surface area contributed by atoms with Gasteiger partial charge in [-0.05, 0) is 75.4 Å². The summed E-state index contributed by atoms with van der Waals surface area (Å²) in [5.74, 6) is -0.286. The number of carbonyl (C=O) groups excluding carboxylic acids is 1. The van der Waals surface area contributed by atoms with Crippen molar-refractivity contribution >= 4 is 21.6 Å². The predicted molar refractivity (Wildman–Crippen MR) is 142 cm³/mol. The Morgan fingerprint density at radius 3 is 2.57 bits per heavy atom. The van der Waals surface area contributed by atoms with Gasteiger partial charge in [-0.1, -0.05) is 37.6 Å². The van der Waals surface area contributed by atoms with Crippen molar-refractivity contribution in [3.05, 3.63) is 59.4 Å². The maximum absolute atomic E-state index is 13.9. The molecule has 2 aromatic carbocycles. The molecule has 37 heavy (non-hydrogen) atoms. The van der Waals surface area contributed by atoms with E-state index < -0.39 is 15.6 Å². The first-order valence-electron chi connectivity index (χ1n) is 13.0. The van der Waals surface area contributed by atoms with Crippen molar-refractivity contribution in [3.8, 4) is 0 Å². The Morgan fingerprint density at radius 1 is 1.16 bits per heavy atom. The smallest absolute Gasteiger partial charge is 0.243 e. The highest BCUT2D eigenvalue weighted by Crippen LogP contribution is 2.35. The molecule has 0 aromatic heterocycles. The van der Waals surface area contributed by atoms with Crippen LogP contribution in [0.25, 0.3) is 0 Å². The van der Waals surface area contributed by atoms with Gasteiger partial charge in [0.2, 0.25) is 15.9 Å². The first kappa shape index (κ1) is 27.7. The molecule has 0 bridgehead atoms. The zero-order valence-corrected chi connectivity index (χ0v) is 23.0. The summed E-state index contributed by atoms with van der Waals surface area (Å²) in [6.07, 6.45) is 2.22. The largest absolute Gasteiger partial charge is 0.371 e. The lowest BCUT2D eigenvalue weighted by molar-refractivity contribution is -0.146. The molecule has 202 valence electrons. The third-order valence-electron chi connectivity index (χ3n) is 7.25. The van der Waals surface area contributed by atoms with Gasteiger partial charge in [-0.25, -0.2) is 12.8 Å². The van der Waals surface area contributed by atoms with Crippen LogP contribution in [0.5, 0.6) is 0 Å². The second kappa shape index (κ2) is 11.2. The van der Waals surface area contributed by atoms with Crippen LogP contribution in [0.2, 0.25) is 0 Å². The van der Waals surface area contributed by atoms with Gasteiger partial charge in [-0.3, -0.25) is 9.69 Å². The number of benzene rings is 2. The molecule has 7 nitrogen and oxygen atoms in total. The molecule has 0 radical (unpaired) electrons. The summed E-state index contributed by atoms with van der Waals surface area (Å²) in [4.78, 5) is 15.0. The van der Waals surface area contributed by atoms with Crippen molar-refractivity contribution in [2.45, 2.75) is 63.5 Å². The van der Waals surface area contributed by atoms with Crippen LogP contribution in [0.3, 0.4) is 0 Å². The molecule has 4 rings (SSSR count). The molecule has 2 atom stereocenters. The first-order valence-corrected chi connectivity index (χ1v) is 14.4. The number of halogens is 1. The molecular weight excluding hydrogens is 493 g/mol. The predicted octanol–water partition coefficient (Wildman–Crippen LogP) is 4.35. The number of aryl methyl sites for hydroxylation is 2. The molecule has 2 aromatic rings. The van der Waals surface area contributed by atoms with Gasteiger partial charge < -0.3 is 10.1 Å². The Labute approximate surface area is 220 Å². The number of likely N-dealkylation sites (tertiary alicyclic amines) is 1. The molecule has 1 amide bonds. The van der Waals surface area contributed by atoms with Crippen LogP contribution >= 0.6 is 0 Å². The number of ether oxygens (including phenoxy) is 1. The van der Waals surface area contributed by atoms with E-state index in [1.165, 1.54) is 6.07 Å². The third kappa shape index (κ3) is 6.57. The van der Waals surface area contributed by atoms with E-state index in [4.69, 9.17) is 4.74 Å². The number of nitrogens with zero attached hydrogens (tertiary/aromatic N) is 2. The van der Waals surface area contributed by atoms with Crippen LogP contribution in [0.15, 0.2) is 47.4 Å². The van der Waals surface area contributed by atoms with Gasteiger partial charge in [-0.15, -0.1) is 0 Å². The molecular formula is C28H38FN3O4S. The van der Waals surface area contributed by atoms with Crippen molar-refractivity contribution in [3.63, 3.8) is 0 Å². The summed E-state index contributed by atoms with van der Waals surface area (Å²) >= 11 is 0. The van der Waals surface area contributed by atoms with E-state index in [1.54, 1.807) is 35.5 Å². The lowest BCUT2D eigenvalue weighted by atomic mass is 9.89. The second-order valence-corrected chi connectivity index (χ2v) is 12.9. The molecule has 9 heteroatoms. The van der Waals surface area contributed by atoms with Crippen LogP contribution < -0.4 is 5.32 Å². The number of hydrogen-bond donors (Lipinski definition) is 1. The normalized spacial score (nSPS) is 23.5. The number of hydrogen-bond acceptors (Lipinski definition) is 5. The fraction of sp³-hybridized carbons (Fsp3) is 0.536. The van der Waals surface area contributed by atoms with E-state index in [-0.39, 0.29) is 30.9 Å². The fourth-order valence-corrected chi connectivity index (χ4v) is 7.01. The molecule has 0 aliphatic carbocycles. The molecule has 2 heterocycles. The maximum Gasteiger partial charge on any atom is 0.243 e.